The summed E-state index contributed by atoms with van der Waals surface area (Å²) in [5, 5.41) is 10.5. The Kier molecular flexibility index (Phi) is 3.60. The third kappa shape index (κ3) is 2.66. The van der Waals surface area contributed by atoms with Gasteiger partial charge in [0, 0.05) is 29.7 Å². The molecule has 1 aromatic heterocycles. The first-order valence-electron chi connectivity index (χ1n) is 5.51. The van der Waals surface area contributed by atoms with Gasteiger partial charge in [0.15, 0.2) is 0 Å². The molecule has 6 heteroatoms. The monoisotopic (exact) mass is 266 g/mol. The number of benzene rings is 1. The van der Waals surface area contributed by atoms with Crippen molar-refractivity contribution >= 4 is 20.8 Å². The van der Waals surface area contributed by atoms with Crippen molar-refractivity contribution in [2.24, 2.45) is 0 Å². The summed E-state index contributed by atoms with van der Waals surface area (Å²) in [6.07, 6.45) is 2.44. The first kappa shape index (κ1) is 12.9. The first-order valence-corrected chi connectivity index (χ1v) is 6.99. The van der Waals surface area contributed by atoms with E-state index in [1.54, 1.807) is 30.6 Å². The lowest BCUT2D eigenvalue weighted by molar-refractivity contribution is 0.198. The van der Waals surface area contributed by atoms with Crippen LogP contribution in [-0.4, -0.2) is 31.2 Å². The van der Waals surface area contributed by atoms with Crippen molar-refractivity contribution in [3.8, 4) is 0 Å². The van der Waals surface area contributed by atoms with Gasteiger partial charge in [-0.25, -0.2) is 13.1 Å². The number of fused-ring (bicyclic) bond motifs is 1. The number of aliphatic hydroxyl groups is 1. The molecular weight excluding hydrogens is 252 g/mol. The number of nitrogens with zero attached hydrogens (tertiary/aromatic N) is 1. The molecule has 1 aromatic carbocycles. The molecule has 0 aliphatic heterocycles. The largest absolute Gasteiger partial charge is 0.392 e. The number of nitrogens with one attached hydrogen (secondary N) is 1. The highest BCUT2D eigenvalue weighted by molar-refractivity contribution is 7.89. The third-order valence-corrected chi connectivity index (χ3v) is 3.98. The maximum absolute atomic E-state index is 12.1. The standard InChI is InChI=1S/C12H14N2O3S/c1-9(15)7-14-18(16,17)12-4-2-3-10-8-13-6-5-11(10)12/h2-6,8-9,14-15H,7H2,1H3/t9-/m0/s1. The first-order chi connectivity index (χ1) is 8.50. The Morgan fingerprint density at radius 3 is 2.89 bits per heavy atom. The van der Waals surface area contributed by atoms with Gasteiger partial charge in [-0.05, 0) is 19.1 Å². The van der Waals surface area contributed by atoms with Crippen molar-refractivity contribution < 1.29 is 13.5 Å². The second-order valence-corrected chi connectivity index (χ2v) is 5.79. The summed E-state index contributed by atoms with van der Waals surface area (Å²) in [6.45, 7) is 1.51. The molecule has 1 heterocycles. The molecule has 96 valence electrons. The molecule has 5 nitrogen and oxygen atoms in total. The molecule has 1 atom stereocenters. The summed E-state index contributed by atoms with van der Waals surface area (Å²) < 4.78 is 26.6. The lowest BCUT2D eigenvalue weighted by Gasteiger charge is -2.10. The normalized spacial score (nSPS) is 13.7. The maximum atomic E-state index is 12.1. The van der Waals surface area contributed by atoms with E-state index in [0.717, 1.165) is 5.39 Å². The molecule has 2 aromatic rings. The number of aliphatic hydroxyl groups excluding tert-OH is 1. The smallest absolute Gasteiger partial charge is 0.241 e. The molecule has 0 bridgehead atoms. The van der Waals surface area contributed by atoms with Gasteiger partial charge in [-0.2, -0.15) is 0 Å². The maximum Gasteiger partial charge on any atom is 0.241 e. The van der Waals surface area contributed by atoms with Crippen molar-refractivity contribution in [1.29, 1.82) is 0 Å². The average Bonchev–Trinajstić information content (AvgIpc) is 2.36. The van der Waals surface area contributed by atoms with Crippen LogP contribution in [0.25, 0.3) is 10.8 Å². The number of rotatable bonds is 4. The second-order valence-electron chi connectivity index (χ2n) is 4.05. The summed E-state index contributed by atoms with van der Waals surface area (Å²) in [7, 11) is -3.62. The lowest BCUT2D eigenvalue weighted by atomic mass is 10.2. The van der Waals surface area contributed by atoms with Crippen LogP contribution in [0.2, 0.25) is 0 Å². The van der Waals surface area contributed by atoms with Crippen molar-refractivity contribution in [2.75, 3.05) is 6.54 Å². The fraction of sp³-hybridized carbons (Fsp3) is 0.250. The van der Waals surface area contributed by atoms with Crippen LogP contribution in [0.15, 0.2) is 41.6 Å². The Hall–Kier alpha value is -1.50. The highest BCUT2D eigenvalue weighted by Gasteiger charge is 2.17. The summed E-state index contributed by atoms with van der Waals surface area (Å²) >= 11 is 0. The van der Waals surface area contributed by atoms with Gasteiger partial charge in [-0.3, -0.25) is 4.98 Å². The summed E-state index contributed by atoms with van der Waals surface area (Å²) in [6, 6.07) is 6.66. The van der Waals surface area contributed by atoms with Crippen LogP contribution >= 0.6 is 0 Å². The van der Waals surface area contributed by atoms with Crippen LogP contribution in [0.5, 0.6) is 0 Å². The molecule has 0 saturated carbocycles. The molecule has 0 saturated heterocycles. The van der Waals surface area contributed by atoms with Crippen molar-refractivity contribution in [2.45, 2.75) is 17.9 Å². The van der Waals surface area contributed by atoms with Gasteiger partial charge in [-0.1, -0.05) is 12.1 Å². The van der Waals surface area contributed by atoms with Gasteiger partial charge in [0.25, 0.3) is 0 Å². The summed E-state index contributed by atoms with van der Waals surface area (Å²) in [5.41, 5.74) is 0. The zero-order valence-corrected chi connectivity index (χ0v) is 10.7. The van der Waals surface area contributed by atoms with Crippen LogP contribution in [0.1, 0.15) is 6.92 Å². The van der Waals surface area contributed by atoms with E-state index >= 15 is 0 Å². The van der Waals surface area contributed by atoms with Crippen molar-refractivity contribution in [1.82, 2.24) is 9.71 Å². The second kappa shape index (κ2) is 5.01. The fourth-order valence-corrected chi connectivity index (χ4v) is 2.98. The van der Waals surface area contributed by atoms with E-state index in [0.29, 0.717) is 5.39 Å². The molecule has 2 N–H and O–H groups in total. The molecule has 0 aliphatic rings. The van der Waals surface area contributed by atoms with E-state index in [1.165, 1.54) is 13.0 Å². The number of sulfonamides is 1. The number of pyridine rings is 1. The van der Waals surface area contributed by atoms with E-state index in [4.69, 9.17) is 5.11 Å². The van der Waals surface area contributed by atoms with E-state index in [-0.39, 0.29) is 11.4 Å². The molecule has 0 spiro atoms. The molecule has 18 heavy (non-hydrogen) atoms. The Labute approximate surface area is 106 Å². The predicted octanol–water partition coefficient (Wildman–Crippen LogP) is 0.894. The Morgan fingerprint density at radius 2 is 2.17 bits per heavy atom. The zero-order chi connectivity index (χ0) is 13.2. The van der Waals surface area contributed by atoms with Crippen LogP contribution in [0, 0.1) is 0 Å². The van der Waals surface area contributed by atoms with Crippen molar-refractivity contribution in [3.05, 3.63) is 36.7 Å². The topological polar surface area (TPSA) is 79.3 Å². The SMILES string of the molecule is C[C@H](O)CNS(=O)(=O)c1cccc2cnccc12. The van der Waals surface area contributed by atoms with Crippen molar-refractivity contribution in [3.63, 3.8) is 0 Å². The van der Waals surface area contributed by atoms with Gasteiger partial charge in [0.05, 0.1) is 11.0 Å². The van der Waals surface area contributed by atoms with E-state index in [2.05, 4.69) is 9.71 Å². The quantitative estimate of drug-likeness (QED) is 0.861. The van der Waals surface area contributed by atoms with E-state index < -0.39 is 16.1 Å². The number of hydrogen-bond acceptors (Lipinski definition) is 4. The minimum Gasteiger partial charge on any atom is -0.392 e. The molecule has 2 rings (SSSR count). The van der Waals surface area contributed by atoms with Gasteiger partial charge in [0.2, 0.25) is 10.0 Å². The third-order valence-electron chi connectivity index (χ3n) is 2.50. The van der Waals surface area contributed by atoms with Gasteiger partial charge >= 0.3 is 0 Å². The molecule has 0 unspecified atom stereocenters. The van der Waals surface area contributed by atoms with Gasteiger partial charge in [0.1, 0.15) is 0 Å². The Morgan fingerprint density at radius 1 is 1.39 bits per heavy atom. The van der Waals surface area contributed by atoms with Gasteiger partial charge < -0.3 is 5.11 Å². The summed E-state index contributed by atoms with van der Waals surface area (Å²) in [4.78, 5) is 4.15. The highest BCUT2D eigenvalue weighted by Crippen LogP contribution is 2.21. The fourth-order valence-electron chi connectivity index (χ4n) is 1.64. The van der Waals surface area contributed by atoms with Crippen LogP contribution in [0.3, 0.4) is 0 Å². The average molecular weight is 266 g/mol. The zero-order valence-electron chi connectivity index (χ0n) is 9.87. The lowest BCUT2D eigenvalue weighted by Crippen LogP contribution is -2.30. The molecular formula is C12H14N2O3S. The highest BCUT2D eigenvalue weighted by atomic mass is 32.2. The minimum atomic E-state index is -3.62. The molecule has 0 fully saturated rings. The molecule has 0 amide bonds. The predicted molar refractivity (Wildman–Crippen MR) is 68.6 cm³/mol. The van der Waals surface area contributed by atoms with Crippen LogP contribution in [0.4, 0.5) is 0 Å². The van der Waals surface area contributed by atoms with E-state index in [1.807, 2.05) is 0 Å². The van der Waals surface area contributed by atoms with E-state index in [9.17, 15) is 8.42 Å². The van der Waals surface area contributed by atoms with Gasteiger partial charge in [-0.15, -0.1) is 0 Å². The Bertz CT molecular complexity index is 648. The molecule has 0 aliphatic carbocycles. The Balaban J connectivity index is 2.47. The van der Waals surface area contributed by atoms with Crippen LogP contribution in [-0.2, 0) is 10.0 Å². The molecule has 0 radical (unpaired) electrons. The number of aromatic nitrogens is 1. The number of hydrogen-bond donors (Lipinski definition) is 2. The summed E-state index contributed by atoms with van der Waals surface area (Å²) in [5.74, 6) is 0. The minimum absolute atomic E-state index is 0.0101. The van der Waals surface area contributed by atoms with Crippen LogP contribution < -0.4 is 4.72 Å².